The number of nitrogens with zero attached hydrogens (tertiary/aromatic N) is 1. The maximum absolute atomic E-state index is 14.0. The fraction of sp³-hybridized carbons (Fsp3) is 0.600. The standard InChI is InChI=1S/C15H23FN2O2S/c1-3-17-10-13-7-8-14(16)15(9-13)21(19,20)18(2)11-12-5-4-6-12/h7-9,12,17H,3-6,10-11H2,1-2H3. The van der Waals surface area contributed by atoms with Gasteiger partial charge < -0.3 is 5.32 Å². The SMILES string of the molecule is CCNCc1ccc(F)c(S(=O)(=O)N(C)CC2CCC2)c1. The molecule has 0 aromatic heterocycles. The fourth-order valence-corrected chi connectivity index (χ4v) is 3.79. The second-order valence-corrected chi connectivity index (χ2v) is 7.64. The Morgan fingerprint density at radius 1 is 1.38 bits per heavy atom. The van der Waals surface area contributed by atoms with Gasteiger partial charge in [0.15, 0.2) is 0 Å². The van der Waals surface area contributed by atoms with E-state index in [1.54, 1.807) is 6.07 Å². The molecule has 0 amide bonds. The molecular weight excluding hydrogens is 291 g/mol. The van der Waals surface area contributed by atoms with Crippen molar-refractivity contribution in [3.05, 3.63) is 29.6 Å². The molecule has 0 heterocycles. The van der Waals surface area contributed by atoms with Crippen molar-refractivity contribution in [3.63, 3.8) is 0 Å². The van der Waals surface area contributed by atoms with Gasteiger partial charge in [-0.1, -0.05) is 19.4 Å². The van der Waals surface area contributed by atoms with Crippen molar-refractivity contribution in [2.45, 2.75) is 37.6 Å². The van der Waals surface area contributed by atoms with Gasteiger partial charge in [-0.3, -0.25) is 0 Å². The Kier molecular flexibility index (Phi) is 5.35. The van der Waals surface area contributed by atoms with E-state index in [0.29, 0.717) is 19.0 Å². The average molecular weight is 314 g/mol. The van der Waals surface area contributed by atoms with Gasteiger partial charge in [-0.05, 0) is 43.0 Å². The summed E-state index contributed by atoms with van der Waals surface area (Å²) in [6, 6.07) is 4.28. The monoisotopic (exact) mass is 314 g/mol. The maximum atomic E-state index is 14.0. The Hall–Kier alpha value is -0.980. The van der Waals surface area contributed by atoms with Crippen LogP contribution in [0.1, 0.15) is 31.7 Å². The molecule has 0 atom stereocenters. The van der Waals surface area contributed by atoms with Crippen LogP contribution in [0.25, 0.3) is 0 Å². The topological polar surface area (TPSA) is 49.4 Å². The van der Waals surface area contributed by atoms with E-state index in [1.807, 2.05) is 6.92 Å². The minimum atomic E-state index is -3.76. The summed E-state index contributed by atoms with van der Waals surface area (Å²) in [6.07, 6.45) is 3.27. The lowest BCUT2D eigenvalue weighted by molar-refractivity contribution is 0.262. The zero-order valence-corrected chi connectivity index (χ0v) is 13.4. The molecule has 0 aliphatic heterocycles. The number of hydrogen-bond donors (Lipinski definition) is 1. The van der Waals surface area contributed by atoms with Crippen molar-refractivity contribution in [3.8, 4) is 0 Å². The highest BCUT2D eigenvalue weighted by Gasteiger charge is 2.28. The molecular formula is C15H23FN2O2S. The number of halogens is 1. The molecule has 4 nitrogen and oxygen atoms in total. The van der Waals surface area contributed by atoms with Gasteiger partial charge >= 0.3 is 0 Å². The summed E-state index contributed by atoms with van der Waals surface area (Å²) in [6.45, 7) is 3.75. The van der Waals surface area contributed by atoms with E-state index in [2.05, 4.69) is 5.32 Å². The van der Waals surface area contributed by atoms with Crippen LogP contribution in [0.2, 0.25) is 0 Å². The number of benzene rings is 1. The second-order valence-electron chi connectivity index (χ2n) is 5.63. The lowest BCUT2D eigenvalue weighted by atomic mass is 9.86. The first kappa shape index (κ1) is 16.4. The van der Waals surface area contributed by atoms with Crippen LogP contribution in [0.3, 0.4) is 0 Å². The van der Waals surface area contributed by atoms with Gasteiger partial charge in [-0.25, -0.2) is 17.1 Å². The van der Waals surface area contributed by atoms with Gasteiger partial charge in [-0.2, -0.15) is 0 Å². The van der Waals surface area contributed by atoms with Crippen LogP contribution >= 0.6 is 0 Å². The highest BCUT2D eigenvalue weighted by atomic mass is 32.2. The molecule has 1 N–H and O–H groups in total. The van der Waals surface area contributed by atoms with Crippen LogP contribution in [0, 0.1) is 11.7 Å². The molecule has 1 aliphatic carbocycles. The van der Waals surface area contributed by atoms with Crippen molar-refractivity contribution in [2.24, 2.45) is 5.92 Å². The van der Waals surface area contributed by atoms with Crippen LogP contribution in [-0.2, 0) is 16.6 Å². The quantitative estimate of drug-likeness (QED) is 0.840. The molecule has 0 saturated heterocycles. The summed E-state index contributed by atoms with van der Waals surface area (Å²) in [5.41, 5.74) is 0.772. The lowest BCUT2D eigenvalue weighted by Gasteiger charge is -2.29. The third-order valence-corrected chi connectivity index (χ3v) is 5.84. The Morgan fingerprint density at radius 2 is 2.10 bits per heavy atom. The van der Waals surface area contributed by atoms with Crippen molar-refractivity contribution in [1.29, 1.82) is 0 Å². The Bertz CT molecular complexity index is 585. The Balaban J connectivity index is 2.20. The van der Waals surface area contributed by atoms with E-state index >= 15 is 0 Å². The molecule has 1 aliphatic rings. The molecule has 2 rings (SSSR count). The molecule has 1 aromatic rings. The average Bonchev–Trinajstić information content (AvgIpc) is 2.41. The van der Waals surface area contributed by atoms with Crippen LogP contribution in [0.15, 0.2) is 23.1 Å². The van der Waals surface area contributed by atoms with Crippen LogP contribution in [-0.4, -0.2) is 32.9 Å². The Labute approximate surface area is 126 Å². The molecule has 0 unspecified atom stereocenters. The van der Waals surface area contributed by atoms with Crippen molar-refractivity contribution in [1.82, 2.24) is 9.62 Å². The zero-order chi connectivity index (χ0) is 15.5. The first-order valence-electron chi connectivity index (χ1n) is 7.40. The molecule has 0 bridgehead atoms. The van der Waals surface area contributed by atoms with E-state index < -0.39 is 15.8 Å². The minimum Gasteiger partial charge on any atom is -0.313 e. The number of rotatable bonds is 7. The normalized spacial score (nSPS) is 16.2. The third kappa shape index (κ3) is 3.81. The van der Waals surface area contributed by atoms with Gasteiger partial charge in [0.1, 0.15) is 10.7 Å². The number of sulfonamides is 1. The maximum Gasteiger partial charge on any atom is 0.245 e. The van der Waals surface area contributed by atoms with Crippen molar-refractivity contribution >= 4 is 10.0 Å². The van der Waals surface area contributed by atoms with Crippen LogP contribution < -0.4 is 5.32 Å². The van der Waals surface area contributed by atoms with Gasteiger partial charge in [0.2, 0.25) is 10.0 Å². The van der Waals surface area contributed by atoms with E-state index in [-0.39, 0.29) is 4.90 Å². The molecule has 0 spiro atoms. The zero-order valence-electron chi connectivity index (χ0n) is 12.6. The highest BCUT2D eigenvalue weighted by molar-refractivity contribution is 7.89. The molecule has 6 heteroatoms. The third-order valence-electron chi connectivity index (χ3n) is 4.00. The number of nitrogens with one attached hydrogen (secondary N) is 1. The summed E-state index contributed by atoms with van der Waals surface area (Å²) >= 11 is 0. The predicted molar refractivity (Wildman–Crippen MR) is 80.9 cm³/mol. The smallest absolute Gasteiger partial charge is 0.245 e. The summed E-state index contributed by atoms with van der Waals surface area (Å²) < 4.78 is 40.3. The molecule has 1 aromatic carbocycles. The molecule has 21 heavy (non-hydrogen) atoms. The summed E-state index contributed by atoms with van der Waals surface area (Å²) in [5.74, 6) is -0.270. The molecule has 1 saturated carbocycles. The van der Waals surface area contributed by atoms with Crippen LogP contribution in [0.4, 0.5) is 4.39 Å². The largest absolute Gasteiger partial charge is 0.313 e. The molecule has 118 valence electrons. The van der Waals surface area contributed by atoms with Gasteiger partial charge in [0.25, 0.3) is 0 Å². The predicted octanol–water partition coefficient (Wildman–Crippen LogP) is 2.36. The van der Waals surface area contributed by atoms with Gasteiger partial charge in [0, 0.05) is 20.1 Å². The second kappa shape index (κ2) is 6.85. The first-order valence-corrected chi connectivity index (χ1v) is 8.84. The van der Waals surface area contributed by atoms with E-state index in [1.165, 1.54) is 23.5 Å². The van der Waals surface area contributed by atoms with Gasteiger partial charge in [0.05, 0.1) is 0 Å². The van der Waals surface area contributed by atoms with Gasteiger partial charge in [-0.15, -0.1) is 0 Å². The van der Waals surface area contributed by atoms with Crippen molar-refractivity contribution in [2.75, 3.05) is 20.1 Å². The first-order chi connectivity index (χ1) is 9.95. The lowest BCUT2D eigenvalue weighted by Crippen LogP contribution is -2.34. The van der Waals surface area contributed by atoms with E-state index in [9.17, 15) is 12.8 Å². The summed E-state index contributed by atoms with van der Waals surface area (Å²) in [4.78, 5) is -0.222. The van der Waals surface area contributed by atoms with Crippen molar-refractivity contribution < 1.29 is 12.8 Å². The minimum absolute atomic E-state index is 0.222. The Morgan fingerprint density at radius 3 is 2.67 bits per heavy atom. The van der Waals surface area contributed by atoms with E-state index in [4.69, 9.17) is 0 Å². The van der Waals surface area contributed by atoms with E-state index in [0.717, 1.165) is 31.4 Å². The summed E-state index contributed by atoms with van der Waals surface area (Å²) in [7, 11) is -2.23. The molecule has 1 fully saturated rings. The molecule has 0 radical (unpaired) electrons. The fourth-order valence-electron chi connectivity index (χ4n) is 2.43. The van der Waals surface area contributed by atoms with Crippen LogP contribution in [0.5, 0.6) is 0 Å². The highest BCUT2D eigenvalue weighted by Crippen LogP contribution is 2.29. The number of hydrogen-bond acceptors (Lipinski definition) is 3. The summed E-state index contributed by atoms with van der Waals surface area (Å²) in [5, 5.41) is 3.11.